The number of nitrogens with zero attached hydrogens (tertiary/aromatic N) is 5. The summed E-state index contributed by atoms with van der Waals surface area (Å²) in [7, 11) is 9.69. The van der Waals surface area contributed by atoms with Crippen molar-refractivity contribution in [2.24, 2.45) is 35.5 Å². The molecule has 0 aliphatic heterocycles. The van der Waals surface area contributed by atoms with Gasteiger partial charge in [0.2, 0.25) is 35.4 Å². The van der Waals surface area contributed by atoms with Gasteiger partial charge in [-0.05, 0) is 61.0 Å². The molecule has 0 saturated carbocycles. The van der Waals surface area contributed by atoms with Gasteiger partial charge in [0.1, 0.15) is 30.2 Å². The van der Waals surface area contributed by atoms with Crippen LogP contribution in [0.3, 0.4) is 0 Å². The van der Waals surface area contributed by atoms with Gasteiger partial charge in [-0.2, -0.15) is 0 Å². The number of hydrogen-bond donors (Lipinski definition) is 2. The molecule has 0 heterocycles. The molecule has 0 aromatic heterocycles. The van der Waals surface area contributed by atoms with Crippen LogP contribution < -0.4 is 10.6 Å². The average Bonchev–Trinajstić information content (AvgIpc) is 3.13. The van der Waals surface area contributed by atoms with Crippen molar-refractivity contribution in [1.29, 1.82) is 0 Å². The molecule has 0 fully saturated rings. The predicted octanol–water partition coefficient (Wildman–Crippen LogP) is 4.39. The summed E-state index contributed by atoms with van der Waals surface area (Å²) in [5.74, 6) is -3.22. The highest BCUT2D eigenvalue weighted by molar-refractivity contribution is 5.97. The van der Waals surface area contributed by atoms with Crippen LogP contribution in [0.15, 0.2) is 30.3 Å². The average molecular weight is 814 g/mol. The van der Waals surface area contributed by atoms with Gasteiger partial charge >= 0.3 is 0 Å². The van der Waals surface area contributed by atoms with Gasteiger partial charge < -0.3 is 35.1 Å². The van der Waals surface area contributed by atoms with Crippen LogP contribution in [0.5, 0.6) is 0 Å². The number of rotatable bonds is 22. The number of carbonyl (C=O) groups is 6. The van der Waals surface area contributed by atoms with Crippen LogP contribution in [0.1, 0.15) is 95.1 Å². The van der Waals surface area contributed by atoms with Crippen LogP contribution in [0, 0.1) is 35.5 Å². The van der Waals surface area contributed by atoms with Crippen molar-refractivity contribution in [3.63, 3.8) is 0 Å². The normalized spacial score (nSPS) is 14.9. The first-order valence-electron chi connectivity index (χ1n) is 21.2. The first-order chi connectivity index (χ1) is 26.8. The van der Waals surface area contributed by atoms with Gasteiger partial charge in [-0.3, -0.25) is 28.8 Å². The smallest absolute Gasteiger partial charge is 0.246 e. The molecule has 0 saturated heterocycles. The van der Waals surface area contributed by atoms with Gasteiger partial charge in [-0.25, -0.2) is 0 Å². The molecule has 1 rings (SSSR count). The first kappa shape index (κ1) is 52.0. The van der Waals surface area contributed by atoms with Crippen molar-refractivity contribution < 1.29 is 28.8 Å². The molecule has 0 aliphatic rings. The number of likely N-dealkylation sites (N-methyl/N-ethyl adjacent to an activating group) is 6. The number of carbonyl (C=O) groups excluding carboxylic acids is 6. The maximum absolute atomic E-state index is 14.6. The summed E-state index contributed by atoms with van der Waals surface area (Å²) in [5.41, 5.74) is 1.09. The molecular weight excluding hydrogens is 735 g/mol. The fourth-order valence-electron chi connectivity index (χ4n) is 8.07. The molecule has 1 aromatic rings. The van der Waals surface area contributed by atoms with E-state index in [0.717, 1.165) is 5.56 Å². The molecule has 0 unspecified atom stereocenters. The van der Waals surface area contributed by atoms with Crippen LogP contribution >= 0.6 is 0 Å². The molecule has 6 amide bonds. The minimum absolute atomic E-state index is 0.00927. The van der Waals surface area contributed by atoms with E-state index in [1.165, 1.54) is 24.5 Å². The number of amides is 6. The maximum atomic E-state index is 14.6. The van der Waals surface area contributed by atoms with E-state index in [4.69, 9.17) is 0 Å². The third-order valence-corrected chi connectivity index (χ3v) is 11.2. The minimum Gasteiger partial charge on any atom is -0.354 e. The Morgan fingerprint density at radius 1 is 0.500 bits per heavy atom. The largest absolute Gasteiger partial charge is 0.354 e. The molecule has 0 aliphatic carbocycles. The van der Waals surface area contributed by atoms with E-state index in [1.54, 1.807) is 42.3 Å². The van der Waals surface area contributed by atoms with Gasteiger partial charge in [-0.15, -0.1) is 0 Å². The van der Waals surface area contributed by atoms with Gasteiger partial charge in [-0.1, -0.05) is 113 Å². The van der Waals surface area contributed by atoms with Crippen LogP contribution in [0.4, 0.5) is 0 Å². The Kier molecular flexibility index (Phi) is 21.1. The van der Waals surface area contributed by atoms with Crippen LogP contribution in [0.25, 0.3) is 0 Å². The van der Waals surface area contributed by atoms with Crippen molar-refractivity contribution in [1.82, 2.24) is 35.1 Å². The molecule has 330 valence electrons. The lowest BCUT2D eigenvalue weighted by molar-refractivity contribution is -0.158. The number of nitrogens with one attached hydrogen (secondary N) is 2. The third-order valence-electron chi connectivity index (χ3n) is 11.2. The Hall–Kier alpha value is -4.00. The Bertz CT molecular complexity index is 1500. The molecule has 0 bridgehead atoms. The van der Waals surface area contributed by atoms with Crippen LogP contribution in [-0.2, 0) is 35.2 Å². The summed E-state index contributed by atoms with van der Waals surface area (Å²) in [5, 5.41) is 6.08. The van der Waals surface area contributed by atoms with E-state index < -0.39 is 48.1 Å². The van der Waals surface area contributed by atoms with Gasteiger partial charge in [0, 0.05) is 41.8 Å². The van der Waals surface area contributed by atoms with Crippen molar-refractivity contribution in [2.75, 3.05) is 48.8 Å². The second-order valence-electron chi connectivity index (χ2n) is 18.2. The SMILES string of the molecule is CN[C@H](C(=O)N(C)[C@H](C(=O)N(C)[C@H](C(=O)N(C)[C@H](C(=O)N(C)[C@H](C(=O)N(C)[C@@H](CC(C)C)C(=O)NCCc1ccccc1)C(C)C)C(C)C)C(C)C)C(C)C)C(C)C. The summed E-state index contributed by atoms with van der Waals surface area (Å²) < 4.78 is 0. The standard InChI is InChI=1S/C45H79N7O6/c1-27(2)26-34(40(53)47-25-24-33-22-20-19-21-23-33)48(14)42(55)36(29(5)6)50(16)44(57)38(31(9)10)52(18)45(58)39(32(11)12)51(17)43(56)37(30(7)8)49(15)41(54)35(46-13)28(3)4/h19-23,27-32,34-39,46H,24-26H2,1-18H3,(H,47,53)/t34-,35-,36-,37-,38-,39-/m0/s1. The molecule has 13 nitrogen and oxygen atoms in total. The van der Waals surface area contributed by atoms with Gasteiger partial charge in [0.05, 0.1) is 6.04 Å². The van der Waals surface area contributed by atoms with Gasteiger partial charge in [0.25, 0.3) is 0 Å². The van der Waals surface area contributed by atoms with E-state index in [1.807, 2.05) is 113 Å². The Morgan fingerprint density at radius 2 is 0.845 bits per heavy atom. The van der Waals surface area contributed by atoms with E-state index in [-0.39, 0.29) is 59.1 Å². The monoisotopic (exact) mass is 814 g/mol. The van der Waals surface area contributed by atoms with E-state index in [9.17, 15) is 28.8 Å². The topological polar surface area (TPSA) is 143 Å². The van der Waals surface area contributed by atoms with Crippen LogP contribution in [-0.4, -0.2) is 145 Å². The van der Waals surface area contributed by atoms with E-state index in [2.05, 4.69) is 10.6 Å². The summed E-state index contributed by atoms with van der Waals surface area (Å²) in [6.45, 7) is 23.2. The minimum atomic E-state index is -0.970. The number of benzene rings is 1. The predicted molar refractivity (Wildman–Crippen MR) is 232 cm³/mol. The second kappa shape index (κ2) is 23.6. The van der Waals surface area contributed by atoms with E-state index >= 15 is 0 Å². The first-order valence-corrected chi connectivity index (χ1v) is 21.2. The molecule has 0 spiro atoms. The highest BCUT2D eigenvalue weighted by Crippen LogP contribution is 2.25. The summed E-state index contributed by atoms with van der Waals surface area (Å²) >= 11 is 0. The summed E-state index contributed by atoms with van der Waals surface area (Å²) in [4.78, 5) is 92.3. The summed E-state index contributed by atoms with van der Waals surface area (Å²) in [6, 6.07) is 4.94. The molecule has 2 N–H and O–H groups in total. The van der Waals surface area contributed by atoms with Gasteiger partial charge in [0.15, 0.2) is 0 Å². The molecule has 6 atom stereocenters. The zero-order valence-corrected chi connectivity index (χ0v) is 39.1. The maximum Gasteiger partial charge on any atom is 0.246 e. The zero-order valence-electron chi connectivity index (χ0n) is 39.1. The lowest BCUT2D eigenvalue weighted by atomic mass is 9.93. The fourth-order valence-corrected chi connectivity index (χ4v) is 8.07. The molecule has 13 heteroatoms. The highest BCUT2D eigenvalue weighted by atomic mass is 16.2. The quantitative estimate of drug-likeness (QED) is 0.177. The zero-order chi connectivity index (χ0) is 44.9. The lowest BCUT2D eigenvalue weighted by Gasteiger charge is -2.42. The molecule has 1 aromatic carbocycles. The second-order valence-corrected chi connectivity index (χ2v) is 18.2. The van der Waals surface area contributed by atoms with Crippen LogP contribution in [0.2, 0.25) is 0 Å². The molecular formula is C45H79N7O6. The number of hydrogen-bond acceptors (Lipinski definition) is 7. The Morgan fingerprint density at radius 3 is 1.16 bits per heavy atom. The van der Waals surface area contributed by atoms with Crippen molar-refractivity contribution in [3.05, 3.63) is 35.9 Å². The third kappa shape index (κ3) is 13.5. The Balaban J connectivity index is 3.45. The summed E-state index contributed by atoms with van der Waals surface area (Å²) in [6.07, 6.45) is 1.09. The van der Waals surface area contributed by atoms with Crippen molar-refractivity contribution >= 4 is 35.4 Å². The Labute approximate surface area is 351 Å². The van der Waals surface area contributed by atoms with Crippen molar-refractivity contribution in [2.45, 2.75) is 132 Å². The highest BCUT2D eigenvalue weighted by Gasteiger charge is 2.44. The molecule has 0 radical (unpaired) electrons. The van der Waals surface area contributed by atoms with E-state index in [0.29, 0.717) is 19.4 Å². The fraction of sp³-hybridized carbons (Fsp3) is 0.733. The van der Waals surface area contributed by atoms with Crippen molar-refractivity contribution in [3.8, 4) is 0 Å². The molecule has 58 heavy (non-hydrogen) atoms. The lowest BCUT2D eigenvalue weighted by Crippen LogP contribution is -2.63.